The number of nitrogens with one attached hydrogen (secondary N) is 1. The molecular formula is C18H19N3O. The molecule has 0 amide bonds. The van der Waals surface area contributed by atoms with Crippen LogP contribution < -0.4 is 10.1 Å². The fraction of sp³-hybridized carbons (Fsp3) is 0.222. The van der Waals surface area contributed by atoms with Gasteiger partial charge in [0.1, 0.15) is 17.9 Å². The molecule has 1 aromatic heterocycles. The first-order valence-electron chi connectivity index (χ1n) is 7.52. The molecule has 0 unspecified atom stereocenters. The van der Waals surface area contributed by atoms with Gasteiger partial charge in [0.2, 0.25) is 0 Å². The zero-order valence-corrected chi connectivity index (χ0v) is 12.6. The van der Waals surface area contributed by atoms with Crippen LogP contribution in [0.4, 0.5) is 5.82 Å². The highest BCUT2D eigenvalue weighted by atomic mass is 16.5. The third kappa shape index (κ3) is 3.34. The molecule has 0 aliphatic heterocycles. The number of fused-ring (bicyclic) bond motifs is 1. The first kappa shape index (κ1) is 14.3. The molecule has 4 heteroatoms. The van der Waals surface area contributed by atoms with Gasteiger partial charge in [-0.1, -0.05) is 24.3 Å². The molecule has 0 atom stereocenters. The highest BCUT2D eigenvalue weighted by Crippen LogP contribution is 2.18. The maximum Gasteiger partial charge on any atom is 0.137 e. The van der Waals surface area contributed by atoms with Crippen LogP contribution in [0.5, 0.6) is 5.75 Å². The van der Waals surface area contributed by atoms with E-state index in [1.807, 2.05) is 43.3 Å². The normalized spacial score (nSPS) is 10.6. The standard InChI is InChI=1S/C18H19N3O/c1-2-22-15-7-5-6-14(12-15)10-11-19-18-16-8-3-4-9-17(16)20-13-21-18/h3-9,12-13H,2,10-11H2,1H3,(H,19,20,21). The van der Waals surface area contributed by atoms with E-state index in [-0.39, 0.29) is 0 Å². The van der Waals surface area contributed by atoms with E-state index in [0.29, 0.717) is 6.61 Å². The molecule has 3 rings (SSSR count). The van der Waals surface area contributed by atoms with Gasteiger partial charge in [-0.25, -0.2) is 9.97 Å². The molecule has 2 aromatic carbocycles. The van der Waals surface area contributed by atoms with Gasteiger partial charge >= 0.3 is 0 Å². The van der Waals surface area contributed by atoms with Gasteiger partial charge in [0.15, 0.2) is 0 Å². The highest BCUT2D eigenvalue weighted by molar-refractivity contribution is 5.88. The minimum absolute atomic E-state index is 0.689. The van der Waals surface area contributed by atoms with E-state index in [1.54, 1.807) is 6.33 Å². The minimum Gasteiger partial charge on any atom is -0.494 e. The van der Waals surface area contributed by atoms with Crippen LogP contribution in [0, 0.1) is 0 Å². The molecule has 0 bridgehead atoms. The zero-order chi connectivity index (χ0) is 15.2. The average molecular weight is 293 g/mol. The second-order valence-electron chi connectivity index (χ2n) is 5.00. The van der Waals surface area contributed by atoms with Crippen LogP contribution in [-0.4, -0.2) is 23.1 Å². The molecule has 1 heterocycles. The molecule has 3 aromatic rings. The zero-order valence-electron chi connectivity index (χ0n) is 12.6. The smallest absolute Gasteiger partial charge is 0.137 e. The van der Waals surface area contributed by atoms with E-state index < -0.39 is 0 Å². The Bertz CT molecular complexity index is 753. The molecule has 112 valence electrons. The number of para-hydroxylation sites is 1. The lowest BCUT2D eigenvalue weighted by Crippen LogP contribution is -2.07. The van der Waals surface area contributed by atoms with Crippen molar-refractivity contribution < 1.29 is 4.74 Å². The summed E-state index contributed by atoms with van der Waals surface area (Å²) in [6, 6.07) is 16.2. The lowest BCUT2D eigenvalue weighted by Gasteiger charge is -2.09. The maximum absolute atomic E-state index is 5.53. The summed E-state index contributed by atoms with van der Waals surface area (Å²) < 4.78 is 5.53. The summed E-state index contributed by atoms with van der Waals surface area (Å²) in [6.07, 6.45) is 2.51. The number of ether oxygens (including phenoxy) is 1. The fourth-order valence-electron chi connectivity index (χ4n) is 2.43. The molecular weight excluding hydrogens is 274 g/mol. The second-order valence-corrected chi connectivity index (χ2v) is 5.00. The molecule has 0 aliphatic carbocycles. The van der Waals surface area contributed by atoms with Gasteiger partial charge in [-0.3, -0.25) is 0 Å². The van der Waals surface area contributed by atoms with Gasteiger partial charge < -0.3 is 10.1 Å². The minimum atomic E-state index is 0.689. The van der Waals surface area contributed by atoms with Crippen molar-refractivity contribution in [3.05, 3.63) is 60.4 Å². The van der Waals surface area contributed by atoms with E-state index in [1.165, 1.54) is 5.56 Å². The number of anilines is 1. The molecule has 1 N–H and O–H groups in total. The summed E-state index contributed by atoms with van der Waals surface area (Å²) in [5, 5.41) is 4.44. The summed E-state index contributed by atoms with van der Waals surface area (Å²) in [5.41, 5.74) is 2.20. The third-order valence-corrected chi connectivity index (χ3v) is 3.46. The highest BCUT2D eigenvalue weighted by Gasteiger charge is 2.02. The number of rotatable bonds is 6. The van der Waals surface area contributed by atoms with Gasteiger partial charge in [-0.2, -0.15) is 0 Å². The van der Waals surface area contributed by atoms with Gasteiger partial charge in [-0.05, 0) is 43.2 Å². The molecule has 0 saturated heterocycles. The monoisotopic (exact) mass is 293 g/mol. The third-order valence-electron chi connectivity index (χ3n) is 3.46. The number of nitrogens with zero attached hydrogens (tertiary/aromatic N) is 2. The number of hydrogen-bond donors (Lipinski definition) is 1. The molecule has 0 fully saturated rings. The molecule has 4 nitrogen and oxygen atoms in total. The van der Waals surface area contributed by atoms with Crippen LogP contribution >= 0.6 is 0 Å². The van der Waals surface area contributed by atoms with E-state index in [2.05, 4.69) is 27.4 Å². The first-order valence-corrected chi connectivity index (χ1v) is 7.52. The summed E-state index contributed by atoms with van der Waals surface area (Å²) in [7, 11) is 0. The van der Waals surface area contributed by atoms with Crippen LogP contribution in [0.1, 0.15) is 12.5 Å². The van der Waals surface area contributed by atoms with Crippen LogP contribution in [0.25, 0.3) is 10.9 Å². The van der Waals surface area contributed by atoms with Crippen molar-refractivity contribution >= 4 is 16.7 Å². The Morgan fingerprint density at radius 1 is 1.05 bits per heavy atom. The summed E-state index contributed by atoms with van der Waals surface area (Å²) >= 11 is 0. The predicted molar refractivity (Wildman–Crippen MR) is 89.3 cm³/mol. The second kappa shape index (κ2) is 6.89. The predicted octanol–water partition coefficient (Wildman–Crippen LogP) is 3.68. The van der Waals surface area contributed by atoms with E-state index in [4.69, 9.17) is 4.74 Å². The van der Waals surface area contributed by atoms with Gasteiger partial charge in [0.05, 0.1) is 12.1 Å². The lowest BCUT2D eigenvalue weighted by molar-refractivity contribution is 0.340. The van der Waals surface area contributed by atoms with Crippen LogP contribution in [0.2, 0.25) is 0 Å². The largest absolute Gasteiger partial charge is 0.494 e. The molecule has 22 heavy (non-hydrogen) atoms. The number of benzene rings is 2. The van der Waals surface area contributed by atoms with Crippen molar-refractivity contribution in [1.29, 1.82) is 0 Å². The Kier molecular flexibility index (Phi) is 4.49. The van der Waals surface area contributed by atoms with Crippen LogP contribution in [-0.2, 0) is 6.42 Å². The van der Waals surface area contributed by atoms with Crippen LogP contribution in [0.3, 0.4) is 0 Å². The number of aromatic nitrogens is 2. The van der Waals surface area contributed by atoms with Crippen molar-refractivity contribution in [2.75, 3.05) is 18.5 Å². The molecule has 0 aliphatic rings. The SMILES string of the molecule is CCOc1cccc(CCNc2ncnc3ccccc23)c1. The van der Waals surface area contributed by atoms with Gasteiger partial charge in [-0.15, -0.1) is 0 Å². The topological polar surface area (TPSA) is 47.0 Å². The Balaban J connectivity index is 1.66. The molecule has 0 saturated carbocycles. The van der Waals surface area contributed by atoms with E-state index in [9.17, 15) is 0 Å². The van der Waals surface area contributed by atoms with Crippen molar-refractivity contribution in [3.8, 4) is 5.75 Å². The van der Waals surface area contributed by atoms with Crippen molar-refractivity contribution in [2.45, 2.75) is 13.3 Å². The lowest BCUT2D eigenvalue weighted by atomic mass is 10.1. The maximum atomic E-state index is 5.53. The Morgan fingerprint density at radius 2 is 1.95 bits per heavy atom. The summed E-state index contributed by atoms with van der Waals surface area (Å²) in [5.74, 6) is 1.80. The number of hydrogen-bond acceptors (Lipinski definition) is 4. The van der Waals surface area contributed by atoms with Crippen molar-refractivity contribution in [3.63, 3.8) is 0 Å². The summed E-state index contributed by atoms with van der Waals surface area (Å²) in [4.78, 5) is 8.61. The quantitative estimate of drug-likeness (QED) is 0.753. The molecule has 0 spiro atoms. The van der Waals surface area contributed by atoms with Crippen molar-refractivity contribution in [1.82, 2.24) is 9.97 Å². The average Bonchev–Trinajstić information content (AvgIpc) is 2.56. The van der Waals surface area contributed by atoms with Crippen LogP contribution in [0.15, 0.2) is 54.9 Å². The summed E-state index contributed by atoms with van der Waals surface area (Å²) in [6.45, 7) is 3.50. The van der Waals surface area contributed by atoms with Crippen molar-refractivity contribution in [2.24, 2.45) is 0 Å². The van der Waals surface area contributed by atoms with E-state index in [0.717, 1.165) is 35.4 Å². The fourth-order valence-corrected chi connectivity index (χ4v) is 2.43. The van der Waals surface area contributed by atoms with E-state index >= 15 is 0 Å². The van der Waals surface area contributed by atoms with Gasteiger partial charge in [0, 0.05) is 11.9 Å². The Hall–Kier alpha value is -2.62. The Labute approximate surface area is 130 Å². The molecule has 0 radical (unpaired) electrons. The van der Waals surface area contributed by atoms with Gasteiger partial charge in [0.25, 0.3) is 0 Å². The Morgan fingerprint density at radius 3 is 2.86 bits per heavy atom. The first-order chi connectivity index (χ1) is 10.9.